The minimum Gasteiger partial charge on any atom is -0.341 e. The zero-order chi connectivity index (χ0) is 19.7. The zero-order valence-corrected chi connectivity index (χ0v) is 17.5. The van der Waals surface area contributed by atoms with Crippen molar-refractivity contribution >= 4 is 68.4 Å². The van der Waals surface area contributed by atoms with Gasteiger partial charge in [0.2, 0.25) is 5.91 Å². The maximum absolute atomic E-state index is 12.4. The lowest BCUT2D eigenvalue weighted by molar-refractivity contribution is -0.113. The average molecular weight is 429 g/mol. The van der Waals surface area contributed by atoms with Gasteiger partial charge in [0.1, 0.15) is 0 Å². The number of amides is 1. The minimum atomic E-state index is -0.0837. The summed E-state index contributed by atoms with van der Waals surface area (Å²) < 4.78 is 2.28. The van der Waals surface area contributed by atoms with Gasteiger partial charge in [0.25, 0.3) is 0 Å². The lowest BCUT2D eigenvalue weighted by Crippen LogP contribution is -2.13. The molecule has 0 atom stereocenters. The zero-order valence-electron chi connectivity index (χ0n) is 15.2. The van der Waals surface area contributed by atoms with Crippen LogP contribution in [0.4, 0.5) is 5.69 Å². The van der Waals surface area contributed by atoms with Crippen molar-refractivity contribution < 1.29 is 4.79 Å². The van der Waals surface area contributed by atoms with Crippen molar-refractivity contribution in [2.75, 3.05) is 11.1 Å². The molecule has 4 aromatic rings. The molecule has 3 nitrogen and oxygen atoms in total. The van der Waals surface area contributed by atoms with Crippen LogP contribution in [0.2, 0.25) is 10.0 Å². The molecule has 0 radical (unpaired) electrons. The summed E-state index contributed by atoms with van der Waals surface area (Å²) in [5, 5.41) is 6.51. The van der Waals surface area contributed by atoms with Crippen molar-refractivity contribution in [3.63, 3.8) is 0 Å². The number of carbonyl (C=O) groups is 1. The molecule has 0 bridgehead atoms. The molecule has 0 fully saturated rings. The fourth-order valence-corrected chi connectivity index (χ4v) is 4.69. The summed E-state index contributed by atoms with van der Waals surface area (Å²) in [6.07, 6.45) is 0. The molecule has 28 heavy (non-hydrogen) atoms. The summed E-state index contributed by atoms with van der Waals surface area (Å²) in [5.74, 6) is 0.175. The second-order valence-electron chi connectivity index (χ2n) is 6.40. The monoisotopic (exact) mass is 428 g/mol. The van der Waals surface area contributed by atoms with Crippen LogP contribution in [0.25, 0.3) is 21.8 Å². The molecule has 1 amide bonds. The highest BCUT2D eigenvalue weighted by Crippen LogP contribution is 2.32. The molecule has 0 aliphatic rings. The van der Waals surface area contributed by atoms with Crippen LogP contribution in [-0.4, -0.2) is 16.2 Å². The van der Waals surface area contributed by atoms with Crippen molar-refractivity contribution in [3.05, 3.63) is 70.7 Å². The summed E-state index contributed by atoms with van der Waals surface area (Å²) in [7, 11) is 0. The Hall–Kier alpha value is -2.14. The van der Waals surface area contributed by atoms with Crippen LogP contribution in [0.3, 0.4) is 0 Å². The van der Waals surface area contributed by atoms with Crippen molar-refractivity contribution in [1.29, 1.82) is 0 Å². The quantitative estimate of drug-likeness (QED) is 0.352. The molecular formula is C22H18Cl2N2OS. The van der Waals surface area contributed by atoms with E-state index in [0.717, 1.165) is 22.5 Å². The number of benzene rings is 3. The van der Waals surface area contributed by atoms with E-state index in [1.165, 1.54) is 28.2 Å². The fraction of sp³-hybridized carbons (Fsp3) is 0.136. The Morgan fingerprint density at radius 2 is 1.79 bits per heavy atom. The Bertz CT molecular complexity index is 1190. The molecule has 4 rings (SSSR count). The smallest absolute Gasteiger partial charge is 0.234 e. The van der Waals surface area contributed by atoms with E-state index in [1.54, 1.807) is 18.2 Å². The third-order valence-corrected chi connectivity index (χ3v) is 6.36. The van der Waals surface area contributed by atoms with Crippen LogP contribution >= 0.6 is 35.0 Å². The van der Waals surface area contributed by atoms with Gasteiger partial charge < -0.3 is 9.88 Å². The molecule has 1 heterocycles. The molecule has 0 aliphatic carbocycles. The van der Waals surface area contributed by atoms with E-state index in [4.69, 9.17) is 23.2 Å². The number of hydrogen-bond donors (Lipinski definition) is 1. The van der Waals surface area contributed by atoms with Gasteiger partial charge in [-0.25, -0.2) is 0 Å². The largest absolute Gasteiger partial charge is 0.341 e. The Balaban J connectivity index is 1.55. The molecule has 0 saturated carbocycles. The van der Waals surface area contributed by atoms with Gasteiger partial charge in [-0.2, -0.15) is 0 Å². The van der Waals surface area contributed by atoms with Crippen molar-refractivity contribution in [3.8, 4) is 0 Å². The van der Waals surface area contributed by atoms with E-state index in [9.17, 15) is 4.79 Å². The highest BCUT2D eigenvalue weighted by atomic mass is 35.5. The van der Waals surface area contributed by atoms with E-state index < -0.39 is 0 Å². The molecule has 1 N–H and O–H groups in total. The Labute approximate surface area is 177 Å². The molecular weight excluding hydrogens is 411 g/mol. The summed E-state index contributed by atoms with van der Waals surface area (Å²) in [6.45, 7) is 3.03. The van der Waals surface area contributed by atoms with Gasteiger partial charge in [0, 0.05) is 44.0 Å². The molecule has 1 aromatic heterocycles. The first-order valence-electron chi connectivity index (χ1n) is 8.95. The van der Waals surface area contributed by atoms with E-state index >= 15 is 0 Å². The minimum absolute atomic E-state index is 0.0837. The van der Waals surface area contributed by atoms with Gasteiger partial charge in [0.05, 0.1) is 10.8 Å². The predicted octanol–water partition coefficient (Wildman–Crippen LogP) is 6.85. The highest BCUT2D eigenvalue weighted by molar-refractivity contribution is 8.00. The molecule has 0 unspecified atom stereocenters. The van der Waals surface area contributed by atoms with Gasteiger partial charge in [-0.15, -0.1) is 11.8 Å². The third kappa shape index (κ3) is 3.72. The van der Waals surface area contributed by atoms with Crippen LogP contribution in [0.1, 0.15) is 6.92 Å². The summed E-state index contributed by atoms with van der Waals surface area (Å²) in [5.41, 5.74) is 3.16. The third-order valence-electron chi connectivity index (χ3n) is 4.62. The number of halogens is 2. The topological polar surface area (TPSA) is 34.0 Å². The van der Waals surface area contributed by atoms with Crippen molar-refractivity contribution in [2.45, 2.75) is 18.4 Å². The molecule has 0 saturated heterocycles. The standard InChI is InChI=1S/C22H18Cl2N2OS/c1-2-26-19-6-4-3-5-16(19)17-12-15(8-10-20(17)26)25-22(27)13-28-21-11-14(23)7-9-18(21)24/h3-12H,2,13H2,1H3,(H,25,27). The SMILES string of the molecule is CCn1c2ccccc2c2cc(NC(=O)CSc3cc(Cl)ccc3Cl)ccc21. The van der Waals surface area contributed by atoms with Crippen LogP contribution < -0.4 is 5.32 Å². The van der Waals surface area contributed by atoms with Crippen LogP contribution in [0.15, 0.2) is 65.6 Å². The number of nitrogens with zero attached hydrogens (tertiary/aromatic N) is 1. The summed E-state index contributed by atoms with van der Waals surface area (Å²) >= 11 is 13.5. The number of aryl methyl sites for hydroxylation is 1. The number of aromatic nitrogens is 1. The average Bonchev–Trinajstić information content (AvgIpc) is 3.02. The normalized spacial score (nSPS) is 11.2. The molecule has 142 valence electrons. The van der Waals surface area contributed by atoms with Gasteiger partial charge in [-0.05, 0) is 49.4 Å². The molecule has 0 aliphatic heterocycles. The first kappa shape index (κ1) is 19.2. The number of thioether (sulfide) groups is 1. The van der Waals surface area contributed by atoms with E-state index in [0.29, 0.717) is 10.0 Å². The van der Waals surface area contributed by atoms with E-state index in [1.807, 2.05) is 24.3 Å². The maximum atomic E-state index is 12.4. The first-order valence-corrected chi connectivity index (χ1v) is 10.7. The molecule has 6 heteroatoms. The number of carbonyl (C=O) groups excluding carboxylic acids is 1. The predicted molar refractivity (Wildman–Crippen MR) is 121 cm³/mol. The first-order chi connectivity index (χ1) is 13.6. The fourth-order valence-electron chi connectivity index (χ4n) is 3.40. The number of fused-ring (bicyclic) bond motifs is 3. The summed E-state index contributed by atoms with van der Waals surface area (Å²) in [4.78, 5) is 13.2. The van der Waals surface area contributed by atoms with Crippen LogP contribution in [0, 0.1) is 0 Å². The Morgan fingerprint density at radius 3 is 2.61 bits per heavy atom. The van der Waals surface area contributed by atoms with Crippen LogP contribution in [0.5, 0.6) is 0 Å². The Morgan fingerprint density at radius 1 is 1.00 bits per heavy atom. The second-order valence-corrected chi connectivity index (χ2v) is 8.27. The van der Waals surface area contributed by atoms with E-state index in [2.05, 4.69) is 35.0 Å². The Kier molecular flexibility index (Phi) is 5.54. The second kappa shape index (κ2) is 8.08. The maximum Gasteiger partial charge on any atom is 0.234 e. The highest BCUT2D eigenvalue weighted by Gasteiger charge is 2.11. The molecule has 3 aromatic carbocycles. The van der Waals surface area contributed by atoms with Crippen molar-refractivity contribution in [1.82, 2.24) is 4.57 Å². The van der Waals surface area contributed by atoms with Gasteiger partial charge >= 0.3 is 0 Å². The number of para-hydroxylation sites is 1. The van der Waals surface area contributed by atoms with E-state index in [-0.39, 0.29) is 11.7 Å². The number of rotatable bonds is 5. The number of hydrogen-bond acceptors (Lipinski definition) is 2. The van der Waals surface area contributed by atoms with Gasteiger partial charge in [-0.1, -0.05) is 41.4 Å². The lowest BCUT2D eigenvalue weighted by Gasteiger charge is -2.08. The van der Waals surface area contributed by atoms with Gasteiger partial charge in [-0.3, -0.25) is 4.79 Å². The van der Waals surface area contributed by atoms with Crippen molar-refractivity contribution in [2.24, 2.45) is 0 Å². The summed E-state index contributed by atoms with van der Waals surface area (Å²) in [6, 6.07) is 19.6. The number of anilines is 1. The van der Waals surface area contributed by atoms with Crippen LogP contribution in [-0.2, 0) is 11.3 Å². The van der Waals surface area contributed by atoms with Gasteiger partial charge in [0.15, 0.2) is 0 Å². The molecule has 0 spiro atoms. The lowest BCUT2D eigenvalue weighted by atomic mass is 10.1. The number of nitrogens with one attached hydrogen (secondary N) is 1.